The van der Waals surface area contributed by atoms with E-state index in [0.29, 0.717) is 31.4 Å². The zero-order chi connectivity index (χ0) is 14.2. The maximum absolute atomic E-state index is 14.1. The summed E-state index contributed by atoms with van der Waals surface area (Å²) in [5, 5.41) is 3.28. The molecule has 0 saturated heterocycles. The van der Waals surface area contributed by atoms with Crippen LogP contribution in [0.25, 0.3) is 0 Å². The highest BCUT2D eigenvalue weighted by Gasteiger charge is 2.21. The molecule has 1 aromatic heterocycles. The summed E-state index contributed by atoms with van der Waals surface area (Å²) in [6, 6.07) is 2.24. The standard InChI is InChI=1S/C15H23FN2O2/c1-2-3-8-19-9-10-20-15-14(16)12(6-7-17-15)11-18-13-4-5-13/h6-7,13,18H,2-5,8-11H2,1H3. The van der Waals surface area contributed by atoms with Crippen LogP contribution in [0.2, 0.25) is 0 Å². The van der Waals surface area contributed by atoms with Gasteiger partial charge in [-0.15, -0.1) is 0 Å². The highest BCUT2D eigenvalue weighted by atomic mass is 19.1. The van der Waals surface area contributed by atoms with Crippen molar-refractivity contribution in [2.75, 3.05) is 19.8 Å². The monoisotopic (exact) mass is 282 g/mol. The SMILES string of the molecule is CCCCOCCOc1nccc(CNC2CC2)c1F. The molecule has 0 amide bonds. The van der Waals surface area contributed by atoms with E-state index < -0.39 is 0 Å². The molecule has 0 aromatic carbocycles. The molecule has 0 bridgehead atoms. The highest BCUT2D eigenvalue weighted by molar-refractivity contribution is 5.23. The molecule has 0 aliphatic heterocycles. The minimum Gasteiger partial charge on any atom is -0.473 e. The van der Waals surface area contributed by atoms with Gasteiger partial charge in [-0.3, -0.25) is 0 Å². The number of pyridine rings is 1. The van der Waals surface area contributed by atoms with E-state index in [1.165, 1.54) is 12.8 Å². The number of rotatable bonds is 10. The van der Waals surface area contributed by atoms with Crippen molar-refractivity contribution in [2.45, 2.75) is 45.2 Å². The molecule has 5 heteroatoms. The number of unbranched alkanes of at least 4 members (excludes halogenated alkanes) is 1. The molecule has 1 N–H and O–H groups in total. The molecule has 1 aliphatic rings. The molecule has 112 valence electrons. The Bertz CT molecular complexity index is 411. The van der Waals surface area contributed by atoms with E-state index in [4.69, 9.17) is 9.47 Å². The second-order valence-electron chi connectivity index (χ2n) is 5.06. The normalized spacial score (nSPS) is 14.5. The van der Waals surface area contributed by atoms with E-state index in [2.05, 4.69) is 17.2 Å². The molecule has 1 aliphatic carbocycles. The smallest absolute Gasteiger partial charge is 0.250 e. The third kappa shape index (κ3) is 5.06. The average Bonchev–Trinajstić information content (AvgIpc) is 3.27. The molecule has 0 atom stereocenters. The zero-order valence-corrected chi connectivity index (χ0v) is 12.0. The van der Waals surface area contributed by atoms with E-state index in [1.54, 1.807) is 12.3 Å². The summed E-state index contributed by atoms with van der Waals surface area (Å²) < 4.78 is 24.8. The molecule has 1 heterocycles. The average molecular weight is 282 g/mol. The number of hydrogen-bond donors (Lipinski definition) is 1. The number of hydrogen-bond acceptors (Lipinski definition) is 4. The quantitative estimate of drug-likeness (QED) is 0.670. The third-order valence-electron chi connectivity index (χ3n) is 3.20. The van der Waals surface area contributed by atoms with Crippen LogP contribution in [0.1, 0.15) is 38.2 Å². The van der Waals surface area contributed by atoms with Crippen molar-refractivity contribution >= 4 is 0 Å². The van der Waals surface area contributed by atoms with Crippen LogP contribution in [0, 0.1) is 5.82 Å². The van der Waals surface area contributed by atoms with E-state index in [1.807, 2.05) is 0 Å². The van der Waals surface area contributed by atoms with Gasteiger partial charge in [0.05, 0.1) is 6.61 Å². The fourth-order valence-corrected chi connectivity index (χ4v) is 1.79. The fraction of sp³-hybridized carbons (Fsp3) is 0.667. The molecular weight excluding hydrogens is 259 g/mol. The first-order valence-electron chi connectivity index (χ1n) is 7.38. The van der Waals surface area contributed by atoms with Gasteiger partial charge in [-0.1, -0.05) is 13.3 Å². The molecule has 1 saturated carbocycles. The second-order valence-corrected chi connectivity index (χ2v) is 5.06. The molecule has 0 radical (unpaired) electrons. The van der Waals surface area contributed by atoms with Gasteiger partial charge in [0.25, 0.3) is 5.88 Å². The van der Waals surface area contributed by atoms with Crippen LogP contribution in [0.3, 0.4) is 0 Å². The maximum Gasteiger partial charge on any atom is 0.250 e. The Balaban J connectivity index is 1.73. The van der Waals surface area contributed by atoms with Gasteiger partial charge < -0.3 is 14.8 Å². The van der Waals surface area contributed by atoms with Crippen LogP contribution in [0.15, 0.2) is 12.3 Å². The number of aromatic nitrogens is 1. The van der Waals surface area contributed by atoms with Crippen LogP contribution in [-0.4, -0.2) is 30.8 Å². The van der Waals surface area contributed by atoms with Crippen LogP contribution in [0.4, 0.5) is 4.39 Å². The molecule has 0 unspecified atom stereocenters. The molecule has 2 rings (SSSR count). The van der Waals surface area contributed by atoms with Gasteiger partial charge >= 0.3 is 0 Å². The van der Waals surface area contributed by atoms with E-state index in [0.717, 1.165) is 19.4 Å². The predicted molar refractivity (Wildman–Crippen MR) is 75.3 cm³/mol. The lowest BCUT2D eigenvalue weighted by atomic mass is 10.2. The molecule has 4 nitrogen and oxygen atoms in total. The summed E-state index contributed by atoms with van der Waals surface area (Å²) in [5.41, 5.74) is 0.605. The Hall–Kier alpha value is -1.20. The Morgan fingerprint density at radius 3 is 2.95 bits per heavy atom. The van der Waals surface area contributed by atoms with Gasteiger partial charge in [0, 0.05) is 31.0 Å². The van der Waals surface area contributed by atoms with Gasteiger partial charge in [0.15, 0.2) is 5.82 Å². The van der Waals surface area contributed by atoms with Crippen molar-refractivity contribution in [1.29, 1.82) is 0 Å². The second kappa shape index (κ2) is 8.17. The first-order chi connectivity index (χ1) is 9.81. The van der Waals surface area contributed by atoms with Crippen molar-refractivity contribution in [3.8, 4) is 5.88 Å². The fourth-order valence-electron chi connectivity index (χ4n) is 1.79. The van der Waals surface area contributed by atoms with Gasteiger partial charge in [-0.05, 0) is 25.3 Å². The molecule has 20 heavy (non-hydrogen) atoms. The Morgan fingerprint density at radius 1 is 1.35 bits per heavy atom. The molecule has 1 aromatic rings. The highest BCUT2D eigenvalue weighted by Crippen LogP contribution is 2.21. The number of ether oxygens (including phenoxy) is 2. The largest absolute Gasteiger partial charge is 0.473 e. The van der Waals surface area contributed by atoms with E-state index in [-0.39, 0.29) is 11.7 Å². The number of halogens is 1. The Morgan fingerprint density at radius 2 is 2.20 bits per heavy atom. The summed E-state index contributed by atoms with van der Waals surface area (Å²) in [5.74, 6) is -0.298. The lowest BCUT2D eigenvalue weighted by Crippen LogP contribution is -2.17. The first kappa shape index (κ1) is 15.2. The van der Waals surface area contributed by atoms with Crippen molar-refractivity contribution in [2.24, 2.45) is 0 Å². The third-order valence-corrected chi connectivity index (χ3v) is 3.20. The summed E-state index contributed by atoms with van der Waals surface area (Å²) in [6.07, 6.45) is 6.10. The number of nitrogens with zero attached hydrogens (tertiary/aromatic N) is 1. The van der Waals surface area contributed by atoms with Crippen LogP contribution < -0.4 is 10.1 Å². The van der Waals surface area contributed by atoms with Crippen LogP contribution in [0.5, 0.6) is 5.88 Å². The predicted octanol–water partition coefficient (Wildman–Crippen LogP) is 2.67. The maximum atomic E-state index is 14.1. The molecular formula is C15H23FN2O2. The van der Waals surface area contributed by atoms with Gasteiger partial charge in [-0.25, -0.2) is 9.37 Å². The topological polar surface area (TPSA) is 43.4 Å². The van der Waals surface area contributed by atoms with Gasteiger partial charge in [0.2, 0.25) is 0 Å². The lowest BCUT2D eigenvalue weighted by Gasteiger charge is -2.10. The minimum atomic E-state index is -0.366. The summed E-state index contributed by atoms with van der Waals surface area (Å²) in [7, 11) is 0. The Labute approximate surface area is 119 Å². The van der Waals surface area contributed by atoms with Crippen LogP contribution in [-0.2, 0) is 11.3 Å². The van der Waals surface area contributed by atoms with Gasteiger partial charge in [0.1, 0.15) is 6.61 Å². The van der Waals surface area contributed by atoms with Crippen molar-refractivity contribution in [1.82, 2.24) is 10.3 Å². The Kier molecular flexibility index (Phi) is 6.21. The van der Waals surface area contributed by atoms with Crippen molar-refractivity contribution in [3.63, 3.8) is 0 Å². The summed E-state index contributed by atoms with van der Waals surface area (Å²) in [4.78, 5) is 3.94. The molecule has 1 fully saturated rings. The number of nitrogens with one attached hydrogen (secondary N) is 1. The molecule has 0 spiro atoms. The van der Waals surface area contributed by atoms with E-state index >= 15 is 0 Å². The van der Waals surface area contributed by atoms with E-state index in [9.17, 15) is 4.39 Å². The first-order valence-corrected chi connectivity index (χ1v) is 7.38. The minimum absolute atomic E-state index is 0.0687. The van der Waals surface area contributed by atoms with Gasteiger partial charge in [-0.2, -0.15) is 0 Å². The zero-order valence-electron chi connectivity index (χ0n) is 12.0. The van der Waals surface area contributed by atoms with Crippen molar-refractivity contribution in [3.05, 3.63) is 23.6 Å². The summed E-state index contributed by atoms with van der Waals surface area (Å²) in [6.45, 7) is 4.16. The van der Waals surface area contributed by atoms with Crippen LogP contribution >= 0.6 is 0 Å². The lowest BCUT2D eigenvalue weighted by molar-refractivity contribution is 0.0948. The summed E-state index contributed by atoms with van der Waals surface area (Å²) >= 11 is 0. The van der Waals surface area contributed by atoms with Crippen molar-refractivity contribution < 1.29 is 13.9 Å².